The summed E-state index contributed by atoms with van der Waals surface area (Å²) in [6.07, 6.45) is 3.06. The quantitative estimate of drug-likeness (QED) is 0.506. The molecule has 170 valence electrons. The molecular formula is C23H30N6O3. The molecule has 3 aliphatic heterocycles. The van der Waals surface area contributed by atoms with E-state index in [9.17, 15) is 5.11 Å². The van der Waals surface area contributed by atoms with Crippen molar-refractivity contribution in [2.45, 2.75) is 43.9 Å². The average Bonchev–Trinajstić information content (AvgIpc) is 3.44. The number of methoxy groups -OCH3 is 1. The Morgan fingerprint density at radius 3 is 2.91 bits per heavy atom. The van der Waals surface area contributed by atoms with Gasteiger partial charge in [-0.3, -0.25) is 0 Å². The summed E-state index contributed by atoms with van der Waals surface area (Å²) in [5.74, 6) is 1.49. The number of fused-ring (bicyclic) bond motifs is 2. The number of anilines is 3. The fraction of sp³-hybridized carbons (Fsp3) is 0.522. The van der Waals surface area contributed by atoms with Gasteiger partial charge in [0.15, 0.2) is 0 Å². The van der Waals surface area contributed by atoms with Gasteiger partial charge in [0.25, 0.3) is 0 Å². The number of aliphatic hydroxyl groups is 1. The molecule has 1 aromatic carbocycles. The highest BCUT2D eigenvalue weighted by Gasteiger charge is 2.40. The lowest BCUT2D eigenvalue weighted by molar-refractivity contribution is 0.0988. The van der Waals surface area contributed by atoms with Crippen molar-refractivity contribution in [1.29, 1.82) is 5.41 Å². The van der Waals surface area contributed by atoms with Crippen LogP contribution < -0.4 is 20.3 Å². The van der Waals surface area contributed by atoms with Gasteiger partial charge in [0.2, 0.25) is 0 Å². The summed E-state index contributed by atoms with van der Waals surface area (Å²) >= 11 is 0. The summed E-state index contributed by atoms with van der Waals surface area (Å²) in [5.41, 5.74) is 3.73. The smallest absolute Gasteiger partial charge is 0.320 e. The molecule has 4 unspecified atom stereocenters. The van der Waals surface area contributed by atoms with Crippen LogP contribution in [0, 0.1) is 12.3 Å². The molecule has 3 aliphatic rings. The van der Waals surface area contributed by atoms with Crippen LogP contribution in [-0.4, -0.2) is 72.9 Å². The van der Waals surface area contributed by atoms with E-state index in [2.05, 4.69) is 31.6 Å². The highest BCUT2D eigenvalue weighted by Crippen LogP contribution is 2.35. The van der Waals surface area contributed by atoms with Crippen molar-refractivity contribution < 1.29 is 14.6 Å². The minimum Gasteiger partial charge on any atom is -0.467 e. The second kappa shape index (κ2) is 8.65. The van der Waals surface area contributed by atoms with Crippen LogP contribution in [0.1, 0.15) is 35.4 Å². The number of β-amino-alcohol motifs (C(OH)–C–C–N with tert-alkyl or cyclic N) is 1. The van der Waals surface area contributed by atoms with Crippen LogP contribution in [0.2, 0.25) is 0 Å². The Bertz CT molecular complexity index is 1020. The van der Waals surface area contributed by atoms with Crippen molar-refractivity contribution in [3.63, 3.8) is 0 Å². The van der Waals surface area contributed by atoms with Crippen LogP contribution in [0.3, 0.4) is 0 Å². The lowest BCUT2D eigenvalue weighted by Crippen LogP contribution is -2.39. The number of aromatic nitrogens is 2. The van der Waals surface area contributed by atoms with Crippen molar-refractivity contribution in [3.8, 4) is 6.01 Å². The molecule has 3 saturated heterocycles. The van der Waals surface area contributed by atoms with Gasteiger partial charge in [-0.05, 0) is 49.6 Å². The number of nitrogens with one attached hydrogen (secondary N) is 3. The molecule has 4 N–H and O–H groups in total. The number of hydrogen-bond donors (Lipinski definition) is 4. The van der Waals surface area contributed by atoms with Gasteiger partial charge in [0.05, 0.1) is 32.0 Å². The molecule has 0 spiro atoms. The van der Waals surface area contributed by atoms with Crippen molar-refractivity contribution >= 4 is 23.5 Å². The van der Waals surface area contributed by atoms with E-state index in [1.54, 1.807) is 7.11 Å². The van der Waals surface area contributed by atoms with Gasteiger partial charge in [-0.1, -0.05) is 0 Å². The molecule has 2 aromatic rings. The lowest BCUT2D eigenvalue weighted by atomic mass is 9.84. The number of rotatable bonds is 6. The van der Waals surface area contributed by atoms with Crippen molar-refractivity contribution in [2.24, 2.45) is 0 Å². The first-order valence-electron chi connectivity index (χ1n) is 11.2. The second-order valence-electron chi connectivity index (χ2n) is 8.83. The third-order valence-corrected chi connectivity index (χ3v) is 6.78. The standard InChI is InChI=1S/C23H30N6O3/c1-13-5-14(9-24)19(7-18(13)17-3-4-25-10-20(17)30)26-21-8-22(28-23(27-21)31-2)29-11-16-6-15(29)12-32-16/h5,7-9,15-17,20,24-25,30H,3-4,6,10-12H2,1-2H3,(H,26,27,28). The summed E-state index contributed by atoms with van der Waals surface area (Å²) in [7, 11) is 1.56. The first-order valence-corrected chi connectivity index (χ1v) is 11.2. The number of aryl methyl sites for hydroxylation is 1. The maximum absolute atomic E-state index is 10.6. The van der Waals surface area contributed by atoms with E-state index in [-0.39, 0.29) is 12.0 Å². The van der Waals surface area contributed by atoms with E-state index in [4.69, 9.17) is 14.9 Å². The molecule has 4 heterocycles. The summed E-state index contributed by atoms with van der Waals surface area (Å²) in [5, 5.41) is 25.1. The number of piperidine rings is 1. The Labute approximate surface area is 187 Å². The first kappa shape index (κ1) is 21.1. The van der Waals surface area contributed by atoms with E-state index in [0.29, 0.717) is 24.4 Å². The number of aliphatic hydroxyl groups excluding tert-OH is 1. The van der Waals surface area contributed by atoms with Crippen molar-refractivity contribution in [1.82, 2.24) is 15.3 Å². The zero-order valence-electron chi connectivity index (χ0n) is 18.5. The number of morpholine rings is 1. The van der Waals surface area contributed by atoms with Gasteiger partial charge >= 0.3 is 6.01 Å². The van der Waals surface area contributed by atoms with Gasteiger partial charge in [0, 0.05) is 42.5 Å². The molecule has 32 heavy (non-hydrogen) atoms. The molecular weight excluding hydrogens is 408 g/mol. The first-order chi connectivity index (χ1) is 15.6. The zero-order valence-corrected chi connectivity index (χ0v) is 18.5. The summed E-state index contributed by atoms with van der Waals surface area (Å²) in [4.78, 5) is 11.3. The molecule has 4 atom stereocenters. The molecule has 2 bridgehead atoms. The van der Waals surface area contributed by atoms with E-state index >= 15 is 0 Å². The fourth-order valence-electron chi connectivity index (χ4n) is 5.11. The monoisotopic (exact) mass is 438 g/mol. The predicted molar refractivity (Wildman–Crippen MR) is 123 cm³/mol. The largest absolute Gasteiger partial charge is 0.467 e. The molecule has 9 heteroatoms. The Kier molecular flexibility index (Phi) is 5.71. The Morgan fingerprint density at radius 1 is 1.34 bits per heavy atom. The third-order valence-electron chi connectivity index (χ3n) is 6.78. The van der Waals surface area contributed by atoms with Gasteiger partial charge in [-0.2, -0.15) is 9.97 Å². The highest BCUT2D eigenvalue weighted by molar-refractivity contribution is 5.88. The Hall–Kier alpha value is -2.75. The Morgan fingerprint density at radius 2 is 2.22 bits per heavy atom. The number of nitrogens with zero attached hydrogens (tertiary/aromatic N) is 3. The summed E-state index contributed by atoms with van der Waals surface area (Å²) in [6.45, 7) is 5.05. The maximum Gasteiger partial charge on any atom is 0.320 e. The van der Waals surface area contributed by atoms with Gasteiger partial charge in [0.1, 0.15) is 11.6 Å². The number of ether oxygens (including phenoxy) is 2. The van der Waals surface area contributed by atoms with E-state index in [0.717, 1.165) is 60.7 Å². The molecule has 3 fully saturated rings. The van der Waals surface area contributed by atoms with Crippen LogP contribution in [-0.2, 0) is 4.74 Å². The van der Waals surface area contributed by atoms with Crippen LogP contribution in [0.4, 0.5) is 17.3 Å². The number of benzene rings is 1. The van der Waals surface area contributed by atoms with Crippen molar-refractivity contribution in [3.05, 3.63) is 34.9 Å². The SMILES string of the molecule is COc1nc(Nc2cc(C3CCNCC3O)c(C)cc2C=N)cc(N2CC3CC2CO3)n1. The van der Waals surface area contributed by atoms with Crippen LogP contribution in [0.25, 0.3) is 0 Å². The Balaban J connectivity index is 1.48. The zero-order chi connectivity index (χ0) is 22.2. The molecule has 0 aliphatic carbocycles. The second-order valence-corrected chi connectivity index (χ2v) is 8.83. The molecule has 0 radical (unpaired) electrons. The van der Waals surface area contributed by atoms with Crippen molar-refractivity contribution in [2.75, 3.05) is 43.6 Å². The molecule has 0 amide bonds. The normalized spacial score (nSPS) is 26.9. The van der Waals surface area contributed by atoms with Gasteiger partial charge < -0.3 is 35.5 Å². The predicted octanol–water partition coefficient (Wildman–Crippen LogP) is 1.95. The molecule has 0 saturated carbocycles. The summed E-state index contributed by atoms with van der Waals surface area (Å²) in [6, 6.07) is 6.60. The molecule has 1 aromatic heterocycles. The van der Waals surface area contributed by atoms with Crippen LogP contribution in [0.15, 0.2) is 18.2 Å². The minimum atomic E-state index is -0.431. The highest BCUT2D eigenvalue weighted by atomic mass is 16.5. The van der Waals surface area contributed by atoms with Gasteiger partial charge in [-0.15, -0.1) is 0 Å². The fourth-order valence-corrected chi connectivity index (χ4v) is 5.11. The molecule has 5 rings (SSSR count). The third kappa shape index (κ3) is 3.92. The number of hydrogen-bond acceptors (Lipinski definition) is 9. The van der Waals surface area contributed by atoms with E-state index in [1.807, 2.05) is 19.1 Å². The van der Waals surface area contributed by atoms with Crippen LogP contribution in [0.5, 0.6) is 6.01 Å². The minimum absolute atomic E-state index is 0.0622. The van der Waals surface area contributed by atoms with Gasteiger partial charge in [-0.25, -0.2) is 0 Å². The van der Waals surface area contributed by atoms with E-state index in [1.165, 1.54) is 6.21 Å². The topological polar surface area (TPSA) is 116 Å². The summed E-state index contributed by atoms with van der Waals surface area (Å²) < 4.78 is 11.1. The van der Waals surface area contributed by atoms with E-state index < -0.39 is 6.10 Å². The molecule has 9 nitrogen and oxygen atoms in total. The lowest BCUT2D eigenvalue weighted by Gasteiger charge is -2.30. The average molecular weight is 439 g/mol. The van der Waals surface area contributed by atoms with Crippen LogP contribution >= 0.6 is 0 Å². The maximum atomic E-state index is 10.6.